The maximum Gasteiger partial charge on any atom is 0.337 e. The number of nitrogens with one attached hydrogen (secondary N) is 1. The van der Waals surface area contributed by atoms with Crippen molar-refractivity contribution in [2.45, 2.75) is 25.3 Å². The van der Waals surface area contributed by atoms with E-state index in [0.717, 1.165) is 24.9 Å². The number of aromatic nitrogens is 1. The molecule has 1 aliphatic carbocycles. The Morgan fingerprint density at radius 1 is 1.24 bits per heavy atom. The third-order valence-corrected chi connectivity index (χ3v) is 3.91. The van der Waals surface area contributed by atoms with Gasteiger partial charge in [0.05, 0.1) is 12.7 Å². The molecule has 4 heteroatoms. The van der Waals surface area contributed by atoms with E-state index in [1.807, 2.05) is 30.3 Å². The number of benzene rings is 1. The van der Waals surface area contributed by atoms with E-state index in [4.69, 9.17) is 4.74 Å². The van der Waals surface area contributed by atoms with Crippen LogP contribution in [0.2, 0.25) is 0 Å². The van der Waals surface area contributed by atoms with Gasteiger partial charge < -0.3 is 10.1 Å². The van der Waals surface area contributed by atoms with E-state index in [2.05, 4.69) is 10.3 Å². The first-order chi connectivity index (χ1) is 10.3. The molecule has 1 aromatic carbocycles. The van der Waals surface area contributed by atoms with Crippen molar-refractivity contribution in [3.8, 4) is 0 Å². The van der Waals surface area contributed by atoms with Crippen molar-refractivity contribution < 1.29 is 9.53 Å². The summed E-state index contributed by atoms with van der Waals surface area (Å²) in [5.41, 5.74) is 4.27. The van der Waals surface area contributed by atoms with Crippen LogP contribution in [-0.4, -0.2) is 24.1 Å². The predicted molar refractivity (Wildman–Crippen MR) is 81.5 cm³/mol. The quantitative estimate of drug-likeness (QED) is 0.880. The van der Waals surface area contributed by atoms with E-state index in [1.54, 1.807) is 12.4 Å². The maximum atomic E-state index is 11.6. The third kappa shape index (κ3) is 3.05. The van der Waals surface area contributed by atoms with Gasteiger partial charge in [0.15, 0.2) is 0 Å². The molecule has 4 nitrogen and oxygen atoms in total. The Bertz CT molecular complexity index is 640. The molecule has 0 aliphatic heterocycles. The monoisotopic (exact) mass is 282 g/mol. The topological polar surface area (TPSA) is 51.2 Å². The zero-order chi connectivity index (χ0) is 14.7. The number of nitrogens with zero attached hydrogens (tertiary/aromatic N) is 1. The van der Waals surface area contributed by atoms with Crippen molar-refractivity contribution in [1.82, 2.24) is 4.98 Å². The molecule has 1 atom stereocenters. The fourth-order valence-electron chi connectivity index (χ4n) is 2.81. The number of carbonyl (C=O) groups is 1. The van der Waals surface area contributed by atoms with Gasteiger partial charge in [-0.25, -0.2) is 4.79 Å². The van der Waals surface area contributed by atoms with Gasteiger partial charge in [0.25, 0.3) is 0 Å². The molecule has 108 valence electrons. The Kier molecular flexibility index (Phi) is 3.86. The molecule has 0 bridgehead atoms. The van der Waals surface area contributed by atoms with Gasteiger partial charge in [-0.15, -0.1) is 0 Å². The van der Waals surface area contributed by atoms with Crippen molar-refractivity contribution in [2.75, 3.05) is 12.4 Å². The molecule has 1 aliphatic rings. The van der Waals surface area contributed by atoms with Crippen molar-refractivity contribution in [2.24, 2.45) is 0 Å². The molecular formula is C17H18N2O2. The van der Waals surface area contributed by atoms with E-state index >= 15 is 0 Å². The molecule has 21 heavy (non-hydrogen) atoms. The number of aryl methyl sites for hydroxylation is 1. The van der Waals surface area contributed by atoms with Gasteiger partial charge in [-0.1, -0.05) is 6.07 Å². The molecule has 0 saturated heterocycles. The highest BCUT2D eigenvalue weighted by atomic mass is 16.5. The van der Waals surface area contributed by atoms with Crippen molar-refractivity contribution in [1.29, 1.82) is 0 Å². The first-order valence-electron chi connectivity index (χ1n) is 7.13. The molecule has 1 N–H and O–H groups in total. The largest absolute Gasteiger partial charge is 0.465 e. The Hall–Kier alpha value is -2.36. The minimum absolute atomic E-state index is 0.276. The number of pyridine rings is 1. The minimum Gasteiger partial charge on any atom is -0.465 e. The number of carbonyl (C=O) groups excluding carboxylic acids is 1. The molecule has 0 spiro atoms. The summed E-state index contributed by atoms with van der Waals surface area (Å²) in [6, 6.07) is 10.2. The van der Waals surface area contributed by atoms with E-state index in [9.17, 15) is 4.79 Å². The second kappa shape index (κ2) is 5.95. The lowest BCUT2D eigenvalue weighted by atomic mass is 9.87. The molecule has 0 saturated carbocycles. The van der Waals surface area contributed by atoms with Crippen molar-refractivity contribution in [3.63, 3.8) is 0 Å². The lowest BCUT2D eigenvalue weighted by molar-refractivity contribution is 0.0600. The molecule has 1 heterocycles. The molecule has 1 aromatic heterocycles. The lowest BCUT2D eigenvalue weighted by Crippen LogP contribution is -2.27. The van der Waals surface area contributed by atoms with Gasteiger partial charge in [-0.05, 0) is 54.7 Å². The van der Waals surface area contributed by atoms with Gasteiger partial charge >= 0.3 is 5.97 Å². The Morgan fingerprint density at radius 2 is 2.05 bits per heavy atom. The van der Waals surface area contributed by atoms with E-state index in [1.165, 1.54) is 18.2 Å². The van der Waals surface area contributed by atoms with E-state index in [0.29, 0.717) is 11.6 Å². The average molecular weight is 282 g/mol. The van der Waals surface area contributed by atoms with Crippen LogP contribution >= 0.6 is 0 Å². The van der Waals surface area contributed by atoms with E-state index < -0.39 is 0 Å². The predicted octanol–water partition coefficient (Wildman–Crippen LogP) is 2.84. The van der Waals surface area contributed by atoms with Crippen LogP contribution in [0.25, 0.3) is 0 Å². The van der Waals surface area contributed by atoms with Crippen LogP contribution in [0.4, 0.5) is 5.69 Å². The minimum atomic E-state index is -0.276. The number of hydrogen-bond donors (Lipinski definition) is 1. The number of rotatable bonds is 3. The highest BCUT2D eigenvalue weighted by molar-refractivity contribution is 5.89. The number of methoxy groups -OCH3 is 1. The molecule has 0 amide bonds. The number of anilines is 1. The van der Waals surface area contributed by atoms with Crippen LogP contribution in [-0.2, 0) is 17.6 Å². The summed E-state index contributed by atoms with van der Waals surface area (Å²) >= 11 is 0. The summed E-state index contributed by atoms with van der Waals surface area (Å²) in [5, 5.41) is 3.53. The molecule has 1 unspecified atom stereocenters. The zero-order valence-electron chi connectivity index (χ0n) is 12.0. The molecular weight excluding hydrogens is 264 g/mol. The summed E-state index contributed by atoms with van der Waals surface area (Å²) in [4.78, 5) is 15.7. The first-order valence-corrected chi connectivity index (χ1v) is 7.13. The van der Waals surface area contributed by atoms with Crippen LogP contribution in [0, 0.1) is 0 Å². The Balaban J connectivity index is 1.76. The smallest absolute Gasteiger partial charge is 0.337 e. The van der Waals surface area contributed by atoms with Crippen LogP contribution < -0.4 is 5.32 Å². The standard InChI is InChI=1S/C17H18N2O2/c1-21-17(20)13-3-2-12-4-5-16(11-14(12)10-13)19-15-6-8-18-9-7-15/h2-3,6-10,16H,4-5,11H2,1H3,(H,18,19). The van der Waals surface area contributed by atoms with Gasteiger partial charge in [-0.3, -0.25) is 4.98 Å². The van der Waals surface area contributed by atoms with Crippen molar-refractivity contribution >= 4 is 11.7 Å². The molecule has 3 rings (SSSR count). The SMILES string of the molecule is COC(=O)c1ccc2c(c1)CC(Nc1ccncc1)CC2. The number of hydrogen-bond acceptors (Lipinski definition) is 4. The summed E-state index contributed by atoms with van der Waals surface area (Å²) in [5.74, 6) is -0.276. The molecule has 2 aromatic rings. The first kappa shape index (κ1) is 13.6. The van der Waals surface area contributed by atoms with Gasteiger partial charge in [-0.2, -0.15) is 0 Å². The van der Waals surface area contributed by atoms with Gasteiger partial charge in [0.2, 0.25) is 0 Å². The third-order valence-electron chi connectivity index (χ3n) is 3.91. The zero-order valence-corrected chi connectivity index (χ0v) is 12.0. The fraction of sp³-hybridized carbons (Fsp3) is 0.294. The Labute approximate surface area is 124 Å². The van der Waals surface area contributed by atoms with E-state index in [-0.39, 0.29) is 5.97 Å². The van der Waals surface area contributed by atoms with Crippen LogP contribution in [0.5, 0.6) is 0 Å². The number of ether oxygens (including phenoxy) is 1. The summed E-state index contributed by atoms with van der Waals surface area (Å²) in [7, 11) is 1.41. The number of esters is 1. The van der Waals surface area contributed by atoms with Crippen LogP contribution in [0.1, 0.15) is 27.9 Å². The average Bonchev–Trinajstić information content (AvgIpc) is 2.54. The second-order valence-electron chi connectivity index (χ2n) is 5.30. The second-order valence-corrected chi connectivity index (χ2v) is 5.30. The van der Waals surface area contributed by atoms with Gasteiger partial charge in [0.1, 0.15) is 0 Å². The number of fused-ring (bicyclic) bond motifs is 1. The fourth-order valence-corrected chi connectivity index (χ4v) is 2.81. The Morgan fingerprint density at radius 3 is 2.81 bits per heavy atom. The normalized spacial score (nSPS) is 16.9. The molecule has 0 fully saturated rings. The highest BCUT2D eigenvalue weighted by Gasteiger charge is 2.20. The van der Waals surface area contributed by atoms with Crippen LogP contribution in [0.15, 0.2) is 42.7 Å². The maximum absolute atomic E-state index is 11.6. The summed E-state index contributed by atoms with van der Waals surface area (Å²) < 4.78 is 4.79. The van der Waals surface area contributed by atoms with Crippen molar-refractivity contribution in [3.05, 3.63) is 59.4 Å². The lowest BCUT2D eigenvalue weighted by Gasteiger charge is -2.26. The van der Waals surface area contributed by atoms with Crippen LogP contribution in [0.3, 0.4) is 0 Å². The highest BCUT2D eigenvalue weighted by Crippen LogP contribution is 2.25. The van der Waals surface area contributed by atoms with Gasteiger partial charge in [0, 0.05) is 24.1 Å². The summed E-state index contributed by atoms with van der Waals surface area (Å²) in [6.45, 7) is 0. The molecule has 0 radical (unpaired) electrons. The summed E-state index contributed by atoms with van der Waals surface area (Å²) in [6.07, 6.45) is 6.61.